The first-order valence-electron chi connectivity index (χ1n) is 41.9. The molecule has 0 saturated carbocycles. The first-order chi connectivity index (χ1) is 63.2. The molecule has 0 aliphatic rings. The van der Waals surface area contributed by atoms with Gasteiger partial charge < -0.3 is 61.6 Å². The standard InChI is InChI=1S/C19H19N3O2.C16H14O2.C14H12N2O2.C10H22O5.C9H13NO2.2C9H9NO2.C8H18O2.C7H9NO2/c1-23-12-14-6-8-16(20-10-14)18-4-3-5-19(22-18)17-9-7-15(11-21-17)13-24-2;1-11(17)13-3-7-15(8-4-13)16-9-5-14(6-10-16)12(2)18;1-9(17)11-3-5-15-13(7-11)14-8-12(10(2)18)4-6-16-14;1-11-3-5-13-7-9-15-10-8-14-6-4-12-2;1-11-6-8-4-3-5-9(10-8)7-12-2;1-6(11)8-4-3-5-10-9(8)7(2)12;1-6(11)8-4-3-5-9(10-8)7(2)12;1-9-7-5-3-4-6-8-10-2;1-9-6-4-3-5-7(8-6)10-2/h3-11H,12-13H2,1-2H3;3-10H,1-2H3;3-8H,1-2H3;3-10H2,1-2H3;3-5H,6-7H2,1-2H3;2*3-5H,1-2H3;3-8H2,1-2H3;3-5H,1-2H3. The van der Waals surface area contributed by atoms with Crippen molar-refractivity contribution in [2.45, 2.75) is 108 Å². The summed E-state index contributed by atoms with van der Waals surface area (Å²) in [6, 6.07) is 54.6. The summed E-state index contributed by atoms with van der Waals surface area (Å²) in [6.07, 6.45) is 13.1. The predicted octanol–water partition coefficient (Wildman–Crippen LogP) is 17.4. The van der Waals surface area contributed by atoms with E-state index in [1.54, 1.807) is 164 Å². The maximum Gasteiger partial charge on any atom is 0.216 e. The van der Waals surface area contributed by atoms with E-state index < -0.39 is 0 Å². The van der Waals surface area contributed by atoms with Crippen LogP contribution in [0.1, 0.15) is 187 Å². The van der Waals surface area contributed by atoms with Crippen LogP contribution in [-0.4, -0.2) is 228 Å². The first kappa shape index (κ1) is 112. The summed E-state index contributed by atoms with van der Waals surface area (Å²) in [5.41, 5.74) is 14.4. The van der Waals surface area contributed by atoms with Crippen LogP contribution >= 0.6 is 0 Å². The SMILES string of the molecule is CC(=O)c1ccc(-c2ccc(C(C)=O)cc2)cc1.CC(=O)c1cccc(C(C)=O)n1.CC(=O)c1cccnc1C(C)=O.CC(=O)c1ccnc(-c2cc(C(C)=O)ccn2)c1.COCCCCCCOC.COCCOCCOCCOCCOC.COCc1ccc(-c2cccc(-c3ccc(COC)cn3)n2)nc1.COCc1cccc(COC)n1.COc1cccc(OC)n1. The number of rotatable bonds is 41. The Kier molecular flexibility index (Phi) is 58.7. The molecule has 0 atom stereocenters. The van der Waals surface area contributed by atoms with E-state index in [1.807, 2.05) is 128 Å². The van der Waals surface area contributed by atoms with Crippen molar-refractivity contribution in [3.8, 4) is 57.1 Å². The highest BCUT2D eigenvalue weighted by Crippen LogP contribution is 2.24. The fourth-order valence-electron chi connectivity index (χ4n) is 10.8. The molecule has 11 rings (SSSR count). The van der Waals surface area contributed by atoms with Crippen molar-refractivity contribution >= 4 is 46.3 Å². The summed E-state index contributed by atoms with van der Waals surface area (Å²) in [7, 11) is 16.6. The van der Waals surface area contributed by atoms with Crippen molar-refractivity contribution in [1.82, 2.24) is 44.9 Å². The third-order valence-electron chi connectivity index (χ3n) is 17.7. The fraction of sp³-hybridized carbons (Fsp3) is 0.356. The highest BCUT2D eigenvalue weighted by molar-refractivity contribution is 6.06. The lowest BCUT2D eigenvalue weighted by Gasteiger charge is -2.06. The van der Waals surface area contributed by atoms with Gasteiger partial charge in [-0.2, -0.15) is 4.98 Å². The van der Waals surface area contributed by atoms with Gasteiger partial charge in [0.1, 0.15) is 17.1 Å². The molecule has 0 aliphatic heterocycles. The Hall–Kier alpha value is -12.7. The summed E-state index contributed by atoms with van der Waals surface area (Å²) >= 11 is 0. The predicted molar refractivity (Wildman–Crippen MR) is 501 cm³/mol. The Balaban J connectivity index is 0.000000386. The van der Waals surface area contributed by atoms with Crippen LogP contribution in [-0.2, 0) is 78.5 Å². The minimum absolute atomic E-state index is 0.0265. The minimum atomic E-state index is -0.180. The zero-order valence-corrected chi connectivity index (χ0v) is 78.5. The number of nitrogens with zero attached hydrogens (tertiary/aromatic N) is 9. The summed E-state index contributed by atoms with van der Waals surface area (Å²) in [6.45, 7) is 20.6. The average Bonchev–Trinajstić information content (AvgIpc) is 0.837. The molecule has 131 heavy (non-hydrogen) atoms. The minimum Gasteiger partial charge on any atom is -0.481 e. The Morgan fingerprint density at radius 1 is 0.260 bits per heavy atom. The average molecular weight is 1800 g/mol. The molecule has 30 nitrogen and oxygen atoms in total. The number of carbonyl (C=O) groups excluding carboxylic acids is 8. The number of hydrogen-bond donors (Lipinski definition) is 0. The van der Waals surface area contributed by atoms with Crippen molar-refractivity contribution in [3.05, 3.63) is 280 Å². The van der Waals surface area contributed by atoms with Crippen LogP contribution in [0.15, 0.2) is 213 Å². The van der Waals surface area contributed by atoms with E-state index in [0.717, 1.165) is 69.6 Å². The molecule has 0 aliphatic carbocycles. The number of pyridine rings is 9. The van der Waals surface area contributed by atoms with E-state index in [4.69, 9.17) is 61.6 Å². The number of ether oxygens (including phenoxy) is 13. The lowest BCUT2D eigenvalue weighted by atomic mass is 10.0. The van der Waals surface area contributed by atoms with Gasteiger partial charge in [-0.1, -0.05) is 97.8 Å². The monoisotopic (exact) mass is 1800 g/mol. The number of carbonyl (C=O) groups is 8. The molecule has 9 aromatic heterocycles. The Morgan fingerprint density at radius 3 is 0.977 bits per heavy atom. The molecule has 0 unspecified atom stereocenters. The second kappa shape index (κ2) is 68.4. The number of benzene rings is 2. The van der Waals surface area contributed by atoms with Crippen LogP contribution < -0.4 is 9.47 Å². The highest BCUT2D eigenvalue weighted by atomic mass is 16.6. The van der Waals surface area contributed by atoms with Crippen molar-refractivity contribution < 1.29 is 99.9 Å². The Morgan fingerprint density at radius 2 is 0.641 bits per heavy atom. The van der Waals surface area contributed by atoms with Crippen molar-refractivity contribution in [1.29, 1.82) is 0 Å². The fourth-order valence-corrected chi connectivity index (χ4v) is 10.8. The molecule has 0 radical (unpaired) electrons. The van der Waals surface area contributed by atoms with Gasteiger partial charge in [-0.3, -0.25) is 68.3 Å². The Bertz CT molecular complexity index is 4840. The number of aromatic nitrogens is 9. The summed E-state index contributed by atoms with van der Waals surface area (Å²) < 4.78 is 65.0. The zero-order chi connectivity index (χ0) is 96.4. The van der Waals surface area contributed by atoms with Gasteiger partial charge in [-0.05, 0) is 155 Å². The van der Waals surface area contributed by atoms with Crippen LogP contribution in [0.3, 0.4) is 0 Å². The number of unbranched alkanes of at least 4 members (excludes halogenated alkanes) is 3. The first-order valence-corrected chi connectivity index (χ1v) is 41.9. The quantitative estimate of drug-likeness (QED) is 0.0254. The van der Waals surface area contributed by atoms with Crippen LogP contribution in [0.25, 0.3) is 45.3 Å². The molecule has 0 bridgehead atoms. The summed E-state index contributed by atoms with van der Waals surface area (Å²) in [4.78, 5) is 126. The number of ketones is 8. The van der Waals surface area contributed by atoms with Crippen molar-refractivity contribution in [3.63, 3.8) is 0 Å². The molecule has 11 aromatic rings. The maximum absolute atomic E-state index is 11.3. The largest absolute Gasteiger partial charge is 0.481 e. The smallest absolute Gasteiger partial charge is 0.216 e. The van der Waals surface area contributed by atoms with Crippen molar-refractivity contribution in [2.24, 2.45) is 0 Å². The molecular formula is C101H125N9O21. The topological polar surface area (TPSA) is 373 Å². The Labute approximate surface area is 769 Å². The number of Topliss-reactive ketones (excluding diaryl/α,β-unsaturated/α-hetero) is 8. The molecule has 0 spiro atoms. The van der Waals surface area contributed by atoms with E-state index in [-0.39, 0.29) is 52.0 Å². The van der Waals surface area contributed by atoms with Gasteiger partial charge in [-0.15, -0.1) is 0 Å². The number of methoxy groups -OCH3 is 10. The van der Waals surface area contributed by atoms with Gasteiger partial charge in [0.05, 0.1) is 139 Å². The van der Waals surface area contributed by atoms with Gasteiger partial charge in [-0.25, -0.2) is 9.97 Å². The maximum atomic E-state index is 11.3. The van der Waals surface area contributed by atoms with E-state index >= 15 is 0 Å². The molecule has 30 heteroatoms. The molecule has 2 aromatic carbocycles. The molecule has 0 amide bonds. The second-order valence-electron chi connectivity index (χ2n) is 28.1. The number of hydrogen-bond acceptors (Lipinski definition) is 30. The van der Waals surface area contributed by atoms with Crippen LogP contribution in [0, 0.1) is 0 Å². The van der Waals surface area contributed by atoms with Crippen LogP contribution in [0.5, 0.6) is 11.8 Å². The van der Waals surface area contributed by atoms with Gasteiger partial charge in [0.15, 0.2) is 46.3 Å². The van der Waals surface area contributed by atoms with Gasteiger partial charge in [0.25, 0.3) is 0 Å². The molecule has 700 valence electrons. The zero-order valence-electron chi connectivity index (χ0n) is 78.5. The molecule has 0 N–H and O–H groups in total. The van der Waals surface area contributed by atoms with E-state index in [1.165, 1.54) is 73.4 Å². The van der Waals surface area contributed by atoms with E-state index in [9.17, 15) is 38.4 Å². The summed E-state index contributed by atoms with van der Waals surface area (Å²) in [5.74, 6) is 0.647. The molecule has 9 heterocycles. The molecular weight excluding hydrogens is 1680 g/mol. The van der Waals surface area contributed by atoms with Crippen molar-refractivity contribution in [2.75, 3.05) is 137 Å². The van der Waals surface area contributed by atoms with Crippen LogP contribution in [0.4, 0.5) is 0 Å². The van der Waals surface area contributed by atoms with Gasteiger partial charge >= 0.3 is 0 Å². The molecule has 0 fully saturated rings. The van der Waals surface area contributed by atoms with Crippen LogP contribution in [0.2, 0.25) is 0 Å². The van der Waals surface area contributed by atoms with E-state index in [2.05, 4.69) is 44.9 Å². The summed E-state index contributed by atoms with van der Waals surface area (Å²) in [5, 5.41) is 0. The third-order valence-corrected chi connectivity index (χ3v) is 17.7. The normalized spacial score (nSPS) is 10.1. The van der Waals surface area contributed by atoms with Gasteiger partial charge in [0, 0.05) is 162 Å². The lowest BCUT2D eigenvalue weighted by molar-refractivity contribution is -0.00380. The molecule has 0 saturated heterocycles. The van der Waals surface area contributed by atoms with Gasteiger partial charge in [0.2, 0.25) is 11.8 Å². The second-order valence-corrected chi connectivity index (χ2v) is 28.1. The lowest BCUT2D eigenvalue weighted by Crippen LogP contribution is -2.12. The third kappa shape index (κ3) is 47.4. The highest BCUT2D eigenvalue weighted by Gasteiger charge is 2.14. The van der Waals surface area contributed by atoms with E-state index in [0.29, 0.717) is 142 Å².